The normalized spacial score (nSPS) is 16.8. The molecule has 0 radical (unpaired) electrons. The van der Waals surface area contributed by atoms with E-state index in [9.17, 15) is 5.11 Å². The van der Waals surface area contributed by atoms with Gasteiger partial charge in [0.15, 0.2) is 11.4 Å². The van der Waals surface area contributed by atoms with E-state index in [2.05, 4.69) is 15.2 Å². The molecule has 0 fully saturated rings. The van der Waals surface area contributed by atoms with Crippen molar-refractivity contribution in [2.75, 3.05) is 7.11 Å². The molecule has 1 atom stereocenters. The van der Waals surface area contributed by atoms with Crippen molar-refractivity contribution in [1.29, 1.82) is 0 Å². The molecular weight excluding hydrogens is 464 g/mol. The van der Waals surface area contributed by atoms with Crippen LogP contribution in [0.3, 0.4) is 0 Å². The van der Waals surface area contributed by atoms with E-state index in [1.807, 2.05) is 54.6 Å². The first-order valence-corrected chi connectivity index (χ1v) is 11.4. The number of ether oxygens (including phenoxy) is 2. The first-order valence-electron chi connectivity index (χ1n) is 11.1. The molecule has 3 heterocycles. The Labute approximate surface area is 206 Å². The Morgan fingerprint density at radius 1 is 1.06 bits per heavy atom. The smallest absolute Gasteiger partial charge is 0.214 e. The van der Waals surface area contributed by atoms with Crippen LogP contribution in [0, 0.1) is 0 Å². The van der Waals surface area contributed by atoms with Crippen LogP contribution in [0.4, 0.5) is 0 Å². The van der Waals surface area contributed by atoms with Crippen LogP contribution >= 0.6 is 11.6 Å². The van der Waals surface area contributed by atoms with Gasteiger partial charge >= 0.3 is 0 Å². The highest BCUT2D eigenvalue weighted by Gasteiger charge is 2.39. The van der Waals surface area contributed by atoms with Crippen LogP contribution < -0.4 is 9.47 Å². The highest BCUT2D eigenvalue weighted by atomic mass is 35.5. The number of hydrogen-bond acceptors (Lipinski definition) is 6. The third-order valence-electron chi connectivity index (χ3n) is 6.45. The predicted molar refractivity (Wildman–Crippen MR) is 133 cm³/mol. The number of nitrogens with zero attached hydrogens (tertiary/aromatic N) is 4. The largest absolute Gasteiger partial charge is 0.489 e. The van der Waals surface area contributed by atoms with Gasteiger partial charge in [0.25, 0.3) is 0 Å². The molecule has 1 aliphatic rings. The maximum atomic E-state index is 12.4. The molecule has 5 aromatic rings. The topological polar surface area (TPSA) is 82.3 Å². The fourth-order valence-corrected chi connectivity index (χ4v) is 4.80. The summed E-state index contributed by atoms with van der Waals surface area (Å²) in [5.41, 5.74) is 2.94. The summed E-state index contributed by atoms with van der Waals surface area (Å²) in [5, 5.41) is 22.1. The van der Waals surface area contributed by atoms with E-state index >= 15 is 0 Å². The second kappa shape index (κ2) is 8.08. The number of benzene rings is 3. The SMILES string of the molecule is COc1cc2c3cc(ccc3n1)C(O)(c1nncn1C)c1ccc(Cl)c(c1)COc1cccc-2c1. The van der Waals surface area contributed by atoms with Crippen LogP contribution in [0.1, 0.15) is 22.5 Å². The summed E-state index contributed by atoms with van der Waals surface area (Å²) in [5.74, 6) is 1.58. The molecule has 6 bridgehead atoms. The van der Waals surface area contributed by atoms with Crippen LogP contribution in [0.5, 0.6) is 11.6 Å². The van der Waals surface area contributed by atoms with E-state index in [1.54, 1.807) is 37.2 Å². The lowest BCUT2D eigenvalue weighted by molar-refractivity contribution is 0.112. The van der Waals surface area contributed by atoms with Crippen molar-refractivity contribution in [3.63, 3.8) is 0 Å². The van der Waals surface area contributed by atoms with E-state index in [0.717, 1.165) is 27.6 Å². The van der Waals surface area contributed by atoms with Gasteiger partial charge in [-0.25, -0.2) is 4.98 Å². The first-order chi connectivity index (χ1) is 17.0. The van der Waals surface area contributed by atoms with Crippen LogP contribution in [0.2, 0.25) is 5.02 Å². The Bertz CT molecular complexity index is 1600. The second-order valence-corrected chi connectivity index (χ2v) is 8.95. The zero-order valence-electron chi connectivity index (χ0n) is 19.1. The highest BCUT2D eigenvalue weighted by molar-refractivity contribution is 6.31. The van der Waals surface area contributed by atoms with Crippen molar-refractivity contribution in [2.45, 2.75) is 12.2 Å². The van der Waals surface area contributed by atoms with Gasteiger partial charge in [-0.05, 0) is 58.7 Å². The minimum atomic E-state index is -1.61. The summed E-state index contributed by atoms with van der Waals surface area (Å²) in [6.45, 7) is 0.234. The van der Waals surface area contributed by atoms with Gasteiger partial charge < -0.3 is 19.1 Å². The number of halogens is 1. The van der Waals surface area contributed by atoms with E-state index in [0.29, 0.717) is 33.6 Å². The van der Waals surface area contributed by atoms with Crippen LogP contribution in [-0.2, 0) is 19.3 Å². The average Bonchev–Trinajstić information content (AvgIpc) is 3.32. The van der Waals surface area contributed by atoms with Gasteiger partial charge in [0.05, 0.1) is 12.6 Å². The van der Waals surface area contributed by atoms with Crippen LogP contribution in [-0.4, -0.2) is 32.0 Å². The molecule has 2 aromatic heterocycles. The fourth-order valence-electron chi connectivity index (χ4n) is 4.63. The van der Waals surface area contributed by atoms with E-state index in [4.69, 9.17) is 21.1 Å². The number of aliphatic hydroxyl groups is 1. The lowest BCUT2D eigenvalue weighted by Crippen LogP contribution is -2.32. The lowest BCUT2D eigenvalue weighted by atomic mass is 9.83. The van der Waals surface area contributed by atoms with Crippen molar-refractivity contribution in [2.24, 2.45) is 7.05 Å². The summed E-state index contributed by atoms with van der Waals surface area (Å²) in [7, 11) is 3.40. The third-order valence-corrected chi connectivity index (χ3v) is 6.82. The Balaban J connectivity index is 1.73. The lowest BCUT2D eigenvalue weighted by Gasteiger charge is -2.29. The molecule has 1 unspecified atom stereocenters. The summed E-state index contributed by atoms with van der Waals surface area (Å²) < 4.78 is 13.3. The Kier molecular flexibility index (Phi) is 4.98. The molecule has 0 amide bonds. The van der Waals surface area contributed by atoms with Gasteiger partial charge in [-0.2, -0.15) is 0 Å². The number of hydrogen-bond donors (Lipinski definition) is 1. The third kappa shape index (κ3) is 3.43. The maximum absolute atomic E-state index is 12.4. The zero-order valence-corrected chi connectivity index (χ0v) is 19.8. The van der Waals surface area contributed by atoms with Gasteiger partial charge in [-0.15, -0.1) is 10.2 Å². The van der Waals surface area contributed by atoms with Crippen LogP contribution in [0.15, 0.2) is 73.1 Å². The molecule has 0 spiro atoms. The van der Waals surface area contributed by atoms with Crippen molar-refractivity contribution < 1.29 is 14.6 Å². The molecule has 1 aliphatic heterocycles. The van der Waals surface area contributed by atoms with Crippen molar-refractivity contribution in [3.05, 3.63) is 101 Å². The molecule has 0 saturated carbocycles. The molecule has 8 heteroatoms. The number of methoxy groups -OCH3 is 1. The number of fused-ring (bicyclic) bond motifs is 6. The Morgan fingerprint density at radius 2 is 1.89 bits per heavy atom. The van der Waals surface area contributed by atoms with E-state index in [1.165, 1.54) is 0 Å². The predicted octanol–water partition coefficient (Wildman–Crippen LogP) is 4.87. The van der Waals surface area contributed by atoms with Gasteiger partial charge in [-0.3, -0.25) is 0 Å². The minimum absolute atomic E-state index is 0.234. The number of rotatable bonds is 2. The van der Waals surface area contributed by atoms with Gasteiger partial charge in [0.2, 0.25) is 5.88 Å². The Morgan fingerprint density at radius 3 is 2.69 bits per heavy atom. The molecule has 0 saturated heterocycles. The molecular formula is C27H21ClN4O3. The molecule has 1 N–H and O–H groups in total. The quantitative estimate of drug-likeness (QED) is 0.385. The molecule has 0 aliphatic carbocycles. The summed E-state index contributed by atoms with van der Waals surface area (Å²) in [6.07, 6.45) is 1.57. The van der Waals surface area contributed by atoms with Gasteiger partial charge in [0, 0.05) is 29.1 Å². The standard InChI is InChI=1S/C27H21ClN4O3/c1-32-15-29-31-26(32)27(33)18-6-8-23(28)17(10-18)14-35-20-5-3-4-16(11-20)21-13-25(34-2)30-24-9-7-19(27)12-22(21)24/h3-13,15,33H,14H2,1-2H3. The second-order valence-electron chi connectivity index (χ2n) is 8.54. The summed E-state index contributed by atoms with van der Waals surface area (Å²) >= 11 is 6.53. The maximum Gasteiger partial charge on any atom is 0.214 e. The average molecular weight is 485 g/mol. The van der Waals surface area contributed by atoms with Gasteiger partial charge in [0.1, 0.15) is 18.7 Å². The molecule has 35 heavy (non-hydrogen) atoms. The van der Waals surface area contributed by atoms with Crippen LogP contribution in [0.25, 0.3) is 22.0 Å². The van der Waals surface area contributed by atoms with Crippen molar-refractivity contribution in [3.8, 4) is 22.8 Å². The number of aromatic nitrogens is 4. The monoisotopic (exact) mass is 484 g/mol. The van der Waals surface area contributed by atoms with Crippen molar-refractivity contribution in [1.82, 2.24) is 19.7 Å². The van der Waals surface area contributed by atoms with Crippen molar-refractivity contribution >= 4 is 22.5 Å². The highest BCUT2D eigenvalue weighted by Crippen LogP contribution is 2.41. The zero-order chi connectivity index (χ0) is 24.2. The van der Waals surface area contributed by atoms with E-state index < -0.39 is 5.60 Å². The molecule has 7 nitrogen and oxygen atoms in total. The minimum Gasteiger partial charge on any atom is -0.489 e. The van der Waals surface area contributed by atoms with E-state index in [-0.39, 0.29) is 6.61 Å². The number of aryl methyl sites for hydroxylation is 1. The molecule has 174 valence electrons. The molecule has 6 rings (SSSR count). The molecule has 3 aromatic carbocycles. The summed E-state index contributed by atoms with van der Waals surface area (Å²) in [4.78, 5) is 4.63. The van der Waals surface area contributed by atoms with Gasteiger partial charge in [-0.1, -0.05) is 35.9 Å². The Hall–Kier alpha value is -3.94. The number of pyridine rings is 1. The fraction of sp³-hybridized carbons (Fsp3) is 0.148. The summed E-state index contributed by atoms with van der Waals surface area (Å²) in [6, 6.07) is 20.8. The first kappa shape index (κ1) is 21.6.